The molecule has 6 heteroatoms. The number of aromatic nitrogens is 1. The number of carbonyl (C=O) groups excluding carboxylic acids is 1. The Kier molecular flexibility index (Phi) is 6.21. The van der Waals surface area contributed by atoms with Crippen LogP contribution in [0.1, 0.15) is 36.3 Å². The molecule has 3 aromatic rings. The second kappa shape index (κ2) is 9.01. The summed E-state index contributed by atoms with van der Waals surface area (Å²) >= 11 is 1.80. The lowest BCUT2D eigenvalue weighted by atomic mass is 9.96. The summed E-state index contributed by atoms with van der Waals surface area (Å²) in [5.74, 6) is 0.309. The molecule has 0 aliphatic carbocycles. The van der Waals surface area contributed by atoms with Crippen LogP contribution in [0.5, 0.6) is 0 Å². The van der Waals surface area contributed by atoms with Gasteiger partial charge in [-0.25, -0.2) is 9.37 Å². The molecule has 0 radical (unpaired) electrons. The zero-order valence-corrected chi connectivity index (χ0v) is 17.4. The Morgan fingerprint density at radius 2 is 1.93 bits per heavy atom. The third-order valence-corrected chi connectivity index (χ3v) is 6.94. The van der Waals surface area contributed by atoms with Crippen molar-refractivity contribution in [1.82, 2.24) is 15.2 Å². The van der Waals surface area contributed by atoms with Gasteiger partial charge in [-0.2, -0.15) is 0 Å². The fourth-order valence-electron chi connectivity index (χ4n) is 3.89. The average molecular weight is 412 g/mol. The van der Waals surface area contributed by atoms with Gasteiger partial charge in [0.15, 0.2) is 0 Å². The maximum absolute atomic E-state index is 13.0. The molecule has 1 N–H and O–H groups in total. The molecule has 1 amide bonds. The number of hydrogen-bond donors (Lipinski definition) is 1. The van der Waals surface area contributed by atoms with Gasteiger partial charge < -0.3 is 5.32 Å². The van der Waals surface area contributed by atoms with E-state index in [2.05, 4.69) is 28.4 Å². The third-order valence-electron chi connectivity index (χ3n) is 5.74. The summed E-state index contributed by atoms with van der Waals surface area (Å²) in [4.78, 5) is 19.6. The van der Waals surface area contributed by atoms with Gasteiger partial charge in [0.2, 0.25) is 5.91 Å². The number of thiazole rings is 1. The number of fused-ring (bicyclic) bond motifs is 1. The summed E-state index contributed by atoms with van der Waals surface area (Å²) in [6, 6.07) is 14.6. The Hall–Kier alpha value is -2.31. The predicted octanol–water partition coefficient (Wildman–Crippen LogP) is 4.36. The molecule has 1 aliphatic heterocycles. The number of rotatable bonds is 6. The number of hydrogen-bond acceptors (Lipinski definition) is 4. The minimum Gasteiger partial charge on any atom is -0.354 e. The van der Waals surface area contributed by atoms with Crippen LogP contribution >= 0.6 is 11.3 Å². The fourth-order valence-corrected chi connectivity index (χ4v) is 5.03. The van der Waals surface area contributed by atoms with Gasteiger partial charge >= 0.3 is 0 Å². The smallest absolute Gasteiger partial charge is 0.237 e. The predicted molar refractivity (Wildman–Crippen MR) is 116 cm³/mol. The lowest BCUT2D eigenvalue weighted by Crippen LogP contribution is -2.48. The average Bonchev–Trinajstić information content (AvgIpc) is 3.19. The van der Waals surface area contributed by atoms with Gasteiger partial charge in [-0.15, -0.1) is 11.3 Å². The number of amides is 1. The molecular formula is C23H26FN3OS. The van der Waals surface area contributed by atoms with Crippen molar-refractivity contribution in [3.63, 3.8) is 0 Å². The number of carbonyl (C=O) groups is 1. The molecule has 4 rings (SSSR count). The molecule has 4 nitrogen and oxygen atoms in total. The lowest BCUT2D eigenvalue weighted by Gasteiger charge is -2.34. The van der Waals surface area contributed by atoms with Crippen LogP contribution in [0.25, 0.3) is 10.2 Å². The van der Waals surface area contributed by atoms with Crippen LogP contribution in [-0.4, -0.2) is 41.5 Å². The minimum atomic E-state index is -0.236. The van der Waals surface area contributed by atoms with E-state index in [9.17, 15) is 9.18 Å². The molecule has 1 aromatic heterocycles. The molecule has 1 aliphatic rings. The van der Waals surface area contributed by atoms with E-state index in [0.29, 0.717) is 18.9 Å². The van der Waals surface area contributed by atoms with Gasteiger partial charge in [-0.05, 0) is 69.1 Å². The van der Waals surface area contributed by atoms with E-state index in [1.807, 2.05) is 13.0 Å². The molecule has 0 bridgehead atoms. The summed E-state index contributed by atoms with van der Waals surface area (Å²) in [6.45, 7) is 4.36. The van der Waals surface area contributed by atoms with Gasteiger partial charge in [-0.3, -0.25) is 9.69 Å². The third kappa shape index (κ3) is 4.82. The van der Waals surface area contributed by atoms with Crippen molar-refractivity contribution in [2.75, 3.05) is 19.6 Å². The van der Waals surface area contributed by atoms with Crippen LogP contribution in [0.15, 0.2) is 48.5 Å². The highest BCUT2D eigenvalue weighted by Gasteiger charge is 2.28. The number of halogens is 1. The molecule has 152 valence electrons. The number of para-hydroxylation sites is 1. The number of piperidine rings is 1. The number of benzene rings is 2. The topological polar surface area (TPSA) is 45.2 Å². The molecule has 1 saturated heterocycles. The molecular weight excluding hydrogens is 385 g/mol. The van der Waals surface area contributed by atoms with Crippen molar-refractivity contribution in [1.29, 1.82) is 0 Å². The largest absolute Gasteiger partial charge is 0.354 e. The number of nitrogens with zero attached hydrogens (tertiary/aromatic N) is 2. The second-order valence-corrected chi connectivity index (χ2v) is 8.74. The van der Waals surface area contributed by atoms with Gasteiger partial charge in [0.25, 0.3) is 0 Å². The van der Waals surface area contributed by atoms with E-state index < -0.39 is 0 Å². The van der Waals surface area contributed by atoms with Crippen molar-refractivity contribution < 1.29 is 9.18 Å². The quantitative estimate of drug-likeness (QED) is 0.655. The molecule has 2 aromatic carbocycles. The monoisotopic (exact) mass is 411 g/mol. The molecule has 1 atom stereocenters. The molecule has 2 heterocycles. The summed E-state index contributed by atoms with van der Waals surface area (Å²) in [5, 5.41) is 4.24. The van der Waals surface area contributed by atoms with Gasteiger partial charge in [0.1, 0.15) is 5.82 Å². The summed E-state index contributed by atoms with van der Waals surface area (Å²) < 4.78 is 14.2. The first-order valence-electron chi connectivity index (χ1n) is 10.2. The van der Waals surface area contributed by atoms with Crippen molar-refractivity contribution >= 4 is 27.5 Å². The highest BCUT2D eigenvalue weighted by atomic mass is 32.1. The van der Waals surface area contributed by atoms with Gasteiger partial charge in [0, 0.05) is 12.5 Å². The van der Waals surface area contributed by atoms with Gasteiger partial charge in [0.05, 0.1) is 21.3 Å². The van der Waals surface area contributed by atoms with Crippen molar-refractivity contribution in [2.45, 2.75) is 38.1 Å². The SMILES string of the molecule is CC(C(=O)NCCc1ccc(F)cc1)N1CCC(c2nc3ccccc3s2)CC1. The van der Waals surface area contributed by atoms with E-state index in [4.69, 9.17) is 4.98 Å². The maximum Gasteiger partial charge on any atom is 0.237 e. The first-order chi connectivity index (χ1) is 14.1. The van der Waals surface area contributed by atoms with E-state index in [-0.39, 0.29) is 17.8 Å². The molecule has 1 fully saturated rings. The maximum atomic E-state index is 13.0. The first-order valence-corrected chi connectivity index (χ1v) is 11.0. The number of likely N-dealkylation sites (tertiary alicyclic amines) is 1. The van der Waals surface area contributed by atoms with Crippen molar-refractivity contribution in [3.8, 4) is 0 Å². The highest BCUT2D eigenvalue weighted by molar-refractivity contribution is 7.18. The zero-order valence-electron chi connectivity index (χ0n) is 16.6. The van der Waals surface area contributed by atoms with Crippen LogP contribution in [0.2, 0.25) is 0 Å². The van der Waals surface area contributed by atoms with Crippen LogP contribution in [0.4, 0.5) is 4.39 Å². The van der Waals surface area contributed by atoms with E-state index in [1.54, 1.807) is 23.5 Å². The lowest BCUT2D eigenvalue weighted by molar-refractivity contribution is -0.126. The Morgan fingerprint density at radius 1 is 1.21 bits per heavy atom. The normalized spacial score (nSPS) is 16.8. The minimum absolute atomic E-state index is 0.0607. The molecule has 0 spiro atoms. The summed E-state index contributed by atoms with van der Waals surface area (Å²) in [7, 11) is 0. The Morgan fingerprint density at radius 3 is 2.66 bits per heavy atom. The van der Waals surface area contributed by atoms with Crippen molar-refractivity contribution in [2.24, 2.45) is 0 Å². The summed E-state index contributed by atoms with van der Waals surface area (Å²) in [5.41, 5.74) is 2.11. The van der Waals surface area contributed by atoms with E-state index in [0.717, 1.165) is 37.0 Å². The fraction of sp³-hybridized carbons (Fsp3) is 0.391. The highest BCUT2D eigenvalue weighted by Crippen LogP contribution is 2.34. The number of nitrogens with one attached hydrogen (secondary N) is 1. The van der Waals surface area contributed by atoms with E-state index in [1.165, 1.54) is 21.8 Å². The van der Waals surface area contributed by atoms with Crippen LogP contribution in [0.3, 0.4) is 0 Å². The Balaban J connectivity index is 1.25. The molecule has 29 heavy (non-hydrogen) atoms. The Bertz CT molecular complexity index is 931. The van der Waals surface area contributed by atoms with E-state index >= 15 is 0 Å². The molecule has 1 unspecified atom stereocenters. The zero-order chi connectivity index (χ0) is 20.2. The standard InChI is InChI=1S/C23H26FN3OS/c1-16(22(28)25-13-10-17-6-8-19(24)9-7-17)27-14-11-18(12-15-27)23-26-20-4-2-3-5-21(20)29-23/h2-9,16,18H,10-15H2,1H3,(H,25,28). The van der Waals surface area contributed by atoms with Crippen LogP contribution in [-0.2, 0) is 11.2 Å². The van der Waals surface area contributed by atoms with Crippen LogP contribution < -0.4 is 5.32 Å². The first kappa shape index (κ1) is 20.0. The summed E-state index contributed by atoms with van der Waals surface area (Å²) in [6.07, 6.45) is 2.78. The Labute approximate surface area is 174 Å². The second-order valence-electron chi connectivity index (χ2n) is 7.67. The van der Waals surface area contributed by atoms with Crippen molar-refractivity contribution in [3.05, 3.63) is 64.9 Å². The van der Waals surface area contributed by atoms with Gasteiger partial charge in [-0.1, -0.05) is 24.3 Å². The van der Waals surface area contributed by atoms with Crippen LogP contribution in [0, 0.1) is 5.82 Å². The molecule has 0 saturated carbocycles.